The van der Waals surface area contributed by atoms with Crippen LogP contribution in [-0.4, -0.2) is 93.0 Å². The predicted octanol–water partition coefficient (Wildman–Crippen LogP) is -1.60. The van der Waals surface area contributed by atoms with E-state index < -0.39 is 91.0 Å². The molecule has 17 heteroatoms. The van der Waals surface area contributed by atoms with Gasteiger partial charge in [0, 0.05) is 6.20 Å². The molecular formula is C14H27N4O11P2+. The van der Waals surface area contributed by atoms with Crippen molar-refractivity contribution in [1.82, 2.24) is 9.55 Å². The second-order valence-electron chi connectivity index (χ2n) is 6.27. The van der Waals surface area contributed by atoms with Crippen LogP contribution in [0.2, 0.25) is 0 Å². The van der Waals surface area contributed by atoms with Crippen molar-refractivity contribution in [1.29, 1.82) is 0 Å². The Bertz CT molecular complexity index is 1180. The highest BCUT2D eigenvalue weighted by atomic mass is 31.3. The molecule has 0 aliphatic carbocycles. The minimum absolute atomic E-state index is 0.150. The van der Waals surface area contributed by atoms with Crippen molar-refractivity contribution in [2.45, 2.75) is 24.5 Å². The van der Waals surface area contributed by atoms with Crippen LogP contribution in [0.4, 0.5) is 5.82 Å². The molecule has 0 radical (unpaired) electrons. The summed E-state index contributed by atoms with van der Waals surface area (Å²) in [6.07, 6.45) is -5.62. The SMILES string of the molecule is [2H]C([2H])([2H])[N+](CCOP(=O)(O)OP(=O)(O)OC[C@H]1O[C@@H](n2ccc(N)nc2=O)[C@H](O)[C@@H]1O)(C([2H])([2H])[2H])C([2H])([2H])[2H]. The Morgan fingerprint density at radius 3 is 2.52 bits per heavy atom. The van der Waals surface area contributed by atoms with Crippen LogP contribution in [0.5, 0.6) is 0 Å². The fourth-order valence-corrected chi connectivity index (χ4v) is 4.42. The number of aromatic nitrogens is 2. The molecule has 1 saturated heterocycles. The lowest BCUT2D eigenvalue weighted by atomic mass is 10.1. The molecule has 1 aliphatic rings. The van der Waals surface area contributed by atoms with Gasteiger partial charge in [-0.25, -0.2) is 13.9 Å². The third kappa shape index (κ3) is 7.70. The molecule has 15 nitrogen and oxygen atoms in total. The minimum atomic E-state index is -5.63. The molecule has 1 fully saturated rings. The molecule has 1 aliphatic heterocycles. The number of quaternary nitrogens is 1. The van der Waals surface area contributed by atoms with Gasteiger partial charge in [0.1, 0.15) is 37.3 Å². The van der Waals surface area contributed by atoms with Crippen LogP contribution >= 0.6 is 15.6 Å². The van der Waals surface area contributed by atoms with Crippen LogP contribution in [0, 0.1) is 0 Å². The second-order valence-corrected chi connectivity index (χ2v) is 9.31. The first-order chi connectivity index (χ1) is 17.9. The number of hydrogen-bond acceptors (Lipinski definition) is 11. The molecule has 31 heavy (non-hydrogen) atoms. The van der Waals surface area contributed by atoms with E-state index in [-0.39, 0.29) is 5.82 Å². The Morgan fingerprint density at radius 1 is 1.26 bits per heavy atom. The number of nitrogens with zero attached hydrogens (tertiary/aromatic N) is 3. The van der Waals surface area contributed by atoms with Gasteiger partial charge in [0.05, 0.1) is 39.9 Å². The standard InChI is InChI=1S/C14H26N4O11P2/c1-18(2,3)6-7-26-30(22,23)29-31(24,25)27-8-9-11(19)12(20)13(28-9)17-5-4-10(15)16-14(17)21/h4-5,9,11-13,19-20H,6-8H2,1-3H3,(H3-,15,16,21,22,23,24,25)/p+1/t9-,11-,12-,13-/m1/s1/i1D3,2D3,3D3. The number of likely N-dealkylation sites (N-methyl/N-ethyl adjacent to an activating group) is 1. The van der Waals surface area contributed by atoms with E-state index in [0.717, 1.165) is 10.8 Å². The number of rotatable bonds is 10. The van der Waals surface area contributed by atoms with Crippen LogP contribution in [0.15, 0.2) is 17.1 Å². The van der Waals surface area contributed by atoms with E-state index in [2.05, 4.69) is 18.3 Å². The van der Waals surface area contributed by atoms with Crippen molar-refractivity contribution in [3.63, 3.8) is 0 Å². The summed E-state index contributed by atoms with van der Waals surface area (Å²) >= 11 is 0. The average molecular weight is 498 g/mol. The molecule has 0 spiro atoms. The van der Waals surface area contributed by atoms with Crippen LogP contribution in [-0.2, 0) is 27.2 Å². The van der Waals surface area contributed by atoms with Gasteiger partial charge >= 0.3 is 21.3 Å². The molecule has 2 rings (SSSR count). The molecular weight excluding hydrogens is 462 g/mol. The predicted molar refractivity (Wildman–Crippen MR) is 104 cm³/mol. The number of nitrogens with two attached hydrogens (primary N) is 1. The highest BCUT2D eigenvalue weighted by Crippen LogP contribution is 2.60. The van der Waals surface area contributed by atoms with Crippen LogP contribution in [0.3, 0.4) is 0 Å². The van der Waals surface area contributed by atoms with E-state index in [1.165, 1.54) is 6.07 Å². The third-order valence-corrected chi connectivity index (χ3v) is 6.39. The van der Waals surface area contributed by atoms with Crippen LogP contribution in [0.25, 0.3) is 0 Å². The first-order valence-electron chi connectivity index (χ1n) is 12.8. The summed E-state index contributed by atoms with van der Waals surface area (Å²) < 4.78 is 108. The first kappa shape index (κ1) is 15.6. The van der Waals surface area contributed by atoms with Crippen LogP contribution < -0.4 is 11.4 Å². The number of nitrogen functional groups attached to an aromatic ring is 1. The fraction of sp³-hybridized carbons (Fsp3) is 0.714. The number of anilines is 1. The Kier molecular flexibility index (Phi) is 4.89. The summed E-state index contributed by atoms with van der Waals surface area (Å²) in [5.41, 5.74) is 4.40. The van der Waals surface area contributed by atoms with E-state index >= 15 is 0 Å². The van der Waals surface area contributed by atoms with Crippen molar-refractivity contribution in [2.75, 3.05) is 46.4 Å². The van der Waals surface area contributed by atoms with E-state index in [4.69, 9.17) is 22.8 Å². The first-order valence-corrected chi connectivity index (χ1v) is 11.2. The Labute approximate surface area is 190 Å². The molecule has 6 atom stereocenters. The molecule has 0 bridgehead atoms. The Morgan fingerprint density at radius 2 is 1.90 bits per heavy atom. The number of aliphatic hydroxyl groups is 2. The zero-order valence-electron chi connectivity index (χ0n) is 24.5. The van der Waals surface area contributed by atoms with Gasteiger partial charge in [-0.05, 0) is 6.07 Å². The lowest BCUT2D eigenvalue weighted by molar-refractivity contribution is -0.870. The average Bonchev–Trinajstić information content (AvgIpc) is 3.00. The zero-order valence-corrected chi connectivity index (χ0v) is 17.3. The number of phosphoric ester groups is 2. The number of phosphoric acid groups is 2. The third-order valence-electron chi connectivity index (χ3n) is 3.75. The monoisotopic (exact) mass is 498 g/mol. The largest absolute Gasteiger partial charge is 0.481 e. The van der Waals surface area contributed by atoms with E-state index in [0.29, 0.717) is 0 Å². The zero-order chi connectivity index (χ0) is 31.1. The molecule has 1 aromatic rings. The number of aliphatic hydroxyl groups excluding tert-OH is 2. The minimum Gasteiger partial charge on any atom is -0.387 e. The maximum atomic E-state index is 12.2. The number of hydrogen-bond donors (Lipinski definition) is 5. The summed E-state index contributed by atoms with van der Waals surface area (Å²) in [6.45, 7) is -14.9. The normalized spacial score (nSPS) is 33.7. The van der Waals surface area contributed by atoms with Gasteiger partial charge in [0.2, 0.25) is 0 Å². The summed E-state index contributed by atoms with van der Waals surface area (Å²) in [5.74, 6) is -0.150. The highest BCUT2D eigenvalue weighted by molar-refractivity contribution is 7.61. The molecule has 0 aromatic carbocycles. The van der Waals surface area contributed by atoms with Crippen molar-refractivity contribution < 1.29 is 64.0 Å². The number of ether oxygens (including phenoxy) is 1. The molecule has 2 heterocycles. The quantitative estimate of drug-likeness (QED) is 0.182. The van der Waals surface area contributed by atoms with Gasteiger partial charge < -0.3 is 35.0 Å². The van der Waals surface area contributed by atoms with E-state index in [1.54, 1.807) is 0 Å². The lowest BCUT2D eigenvalue weighted by Crippen LogP contribution is -2.37. The molecule has 2 unspecified atom stereocenters. The topological polar surface area (TPSA) is 213 Å². The van der Waals surface area contributed by atoms with Gasteiger partial charge in [-0.15, -0.1) is 0 Å². The van der Waals surface area contributed by atoms with Gasteiger partial charge in [-0.3, -0.25) is 13.6 Å². The lowest BCUT2D eigenvalue weighted by Gasteiger charge is -2.24. The Balaban J connectivity index is 2.06. The summed E-state index contributed by atoms with van der Waals surface area (Å²) in [7, 11) is -11.2. The Hall–Kier alpha value is -1.22. The molecule has 6 N–H and O–H groups in total. The van der Waals surface area contributed by atoms with Gasteiger partial charge in [-0.1, -0.05) is 0 Å². The van der Waals surface area contributed by atoms with Gasteiger partial charge in [0.15, 0.2) is 6.23 Å². The van der Waals surface area contributed by atoms with Crippen molar-refractivity contribution in [2.24, 2.45) is 0 Å². The summed E-state index contributed by atoms with van der Waals surface area (Å²) in [4.78, 5) is 35.0. The second kappa shape index (κ2) is 9.73. The maximum absolute atomic E-state index is 12.2. The summed E-state index contributed by atoms with van der Waals surface area (Å²) in [6, 6.07) is 1.18. The van der Waals surface area contributed by atoms with Gasteiger partial charge in [0.25, 0.3) is 0 Å². The molecule has 178 valence electrons. The smallest absolute Gasteiger partial charge is 0.387 e. The maximum Gasteiger partial charge on any atom is 0.481 e. The van der Waals surface area contributed by atoms with E-state index in [1.807, 2.05) is 0 Å². The van der Waals surface area contributed by atoms with Crippen molar-refractivity contribution >= 4 is 21.5 Å². The highest BCUT2D eigenvalue weighted by Gasteiger charge is 2.46. The molecule has 0 amide bonds. The van der Waals surface area contributed by atoms with Crippen LogP contribution in [0.1, 0.15) is 18.6 Å². The van der Waals surface area contributed by atoms with Gasteiger partial charge in [-0.2, -0.15) is 9.29 Å². The summed E-state index contributed by atoms with van der Waals surface area (Å²) in [5, 5.41) is 20.3. The molecule has 0 saturated carbocycles. The van der Waals surface area contributed by atoms with Crippen molar-refractivity contribution in [3.05, 3.63) is 22.7 Å². The fourth-order valence-electron chi connectivity index (χ4n) is 2.35. The van der Waals surface area contributed by atoms with E-state index in [9.17, 15) is 33.9 Å². The molecule has 1 aromatic heterocycles. The van der Waals surface area contributed by atoms with Crippen molar-refractivity contribution in [3.8, 4) is 0 Å².